The van der Waals surface area contributed by atoms with E-state index in [0.717, 1.165) is 35.5 Å². The molecule has 0 atom stereocenters. The minimum Gasteiger partial charge on any atom is -0.372 e. The Kier molecular flexibility index (Phi) is 4.37. The van der Waals surface area contributed by atoms with Gasteiger partial charge >= 0.3 is 0 Å². The van der Waals surface area contributed by atoms with Crippen molar-refractivity contribution < 1.29 is 0 Å². The summed E-state index contributed by atoms with van der Waals surface area (Å²) in [4.78, 5) is 19.1. The van der Waals surface area contributed by atoms with Crippen LogP contribution >= 0.6 is 0 Å². The molecule has 1 saturated heterocycles. The third kappa shape index (κ3) is 3.17. The second kappa shape index (κ2) is 6.83. The van der Waals surface area contributed by atoms with Gasteiger partial charge in [0.1, 0.15) is 5.82 Å². The highest BCUT2D eigenvalue weighted by molar-refractivity contribution is 5.81. The minimum atomic E-state index is 0.0135. The number of pyridine rings is 2. The number of nitrogens with one attached hydrogen (secondary N) is 1. The van der Waals surface area contributed by atoms with Crippen LogP contribution in [0.3, 0.4) is 0 Å². The van der Waals surface area contributed by atoms with Crippen molar-refractivity contribution in [2.75, 3.05) is 23.3 Å². The average molecular weight is 348 g/mol. The van der Waals surface area contributed by atoms with Crippen LogP contribution in [0.15, 0.2) is 53.5 Å². The summed E-state index contributed by atoms with van der Waals surface area (Å²) in [5.74, 6) is 0.742. The van der Waals surface area contributed by atoms with Gasteiger partial charge in [0.15, 0.2) is 0 Å². The van der Waals surface area contributed by atoms with Crippen LogP contribution in [0.25, 0.3) is 10.9 Å². The molecule has 0 radical (unpaired) electrons. The number of benzene rings is 1. The maximum absolute atomic E-state index is 12.2. The number of fused-ring (bicyclic) bond motifs is 1. The summed E-state index contributed by atoms with van der Waals surface area (Å²) in [6, 6.07) is 14.0. The molecule has 0 amide bonds. The molecule has 3 aromatic rings. The number of rotatable bonds is 4. The highest BCUT2D eigenvalue weighted by Gasteiger charge is 2.12. The predicted molar refractivity (Wildman–Crippen MR) is 108 cm³/mol. The van der Waals surface area contributed by atoms with E-state index in [2.05, 4.69) is 39.5 Å². The summed E-state index contributed by atoms with van der Waals surface area (Å²) in [7, 11) is 0. The lowest BCUT2D eigenvalue weighted by molar-refractivity contribution is 0.600. The zero-order valence-electron chi connectivity index (χ0n) is 15.3. The van der Waals surface area contributed by atoms with Gasteiger partial charge < -0.3 is 14.8 Å². The molecule has 5 nitrogen and oxygen atoms in total. The number of hydrogen-bond donors (Lipinski definition) is 1. The molecule has 1 N–H and O–H groups in total. The van der Waals surface area contributed by atoms with Crippen LogP contribution in [0, 0.1) is 0 Å². The molecule has 0 unspecified atom stereocenters. The lowest BCUT2D eigenvalue weighted by atomic mass is 10.2. The fraction of sp³-hybridized carbons (Fsp3) is 0.333. The molecule has 4 rings (SSSR count). The van der Waals surface area contributed by atoms with Gasteiger partial charge in [-0.05, 0) is 57.0 Å². The van der Waals surface area contributed by atoms with Crippen molar-refractivity contribution in [3.63, 3.8) is 0 Å². The fourth-order valence-corrected chi connectivity index (χ4v) is 3.63. The maximum atomic E-state index is 12.2. The van der Waals surface area contributed by atoms with Gasteiger partial charge in [-0.3, -0.25) is 4.79 Å². The predicted octanol–water partition coefficient (Wildman–Crippen LogP) is 4.32. The van der Waals surface area contributed by atoms with Crippen LogP contribution in [0.4, 0.5) is 17.2 Å². The second-order valence-corrected chi connectivity index (χ2v) is 7.13. The quantitative estimate of drug-likeness (QED) is 0.763. The Hall–Kier alpha value is -2.82. The Morgan fingerprint density at radius 3 is 2.46 bits per heavy atom. The molecule has 0 bridgehead atoms. The van der Waals surface area contributed by atoms with Gasteiger partial charge in [0.2, 0.25) is 0 Å². The van der Waals surface area contributed by atoms with Gasteiger partial charge in [0.25, 0.3) is 5.56 Å². The third-order valence-electron chi connectivity index (χ3n) is 4.94. The lowest BCUT2D eigenvalue weighted by Gasteiger charge is -2.18. The molecular formula is C21H24N4O. The molecule has 0 spiro atoms. The van der Waals surface area contributed by atoms with Crippen molar-refractivity contribution in [1.29, 1.82) is 0 Å². The molecule has 2 aromatic heterocycles. The zero-order chi connectivity index (χ0) is 18.1. The highest BCUT2D eigenvalue weighted by Crippen LogP contribution is 2.25. The van der Waals surface area contributed by atoms with Gasteiger partial charge in [-0.25, -0.2) is 4.98 Å². The first kappa shape index (κ1) is 16.6. The lowest BCUT2D eigenvalue weighted by Crippen LogP contribution is -2.21. The largest absolute Gasteiger partial charge is 0.372 e. The Balaban J connectivity index is 1.62. The number of hydrogen-bond acceptors (Lipinski definition) is 4. The molecule has 26 heavy (non-hydrogen) atoms. The molecule has 0 saturated carbocycles. The van der Waals surface area contributed by atoms with E-state index in [1.54, 1.807) is 10.6 Å². The first-order valence-corrected chi connectivity index (χ1v) is 9.25. The topological polar surface area (TPSA) is 50.2 Å². The van der Waals surface area contributed by atoms with E-state index in [9.17, 15) is 4.79 Å². The molecule has 0 aliphatic carbocycles. The van der Waals surface area contributed by atoms with Crippen molar-refractivity contribution in [2.45, 2.75) is 32.7 Å². The van der Waals surface area contributed by atoms with E-state index in [1.165, 1.54) is 18.5 Å². The van der Waals surface area contributed by atoms with Crippen molar-refractivity contribution >= 4 is 28.1 Å². The molecule has 3 heterocycles. The number of anilines is 3. The first-order valence-electron chi connectivity index (χ1n) is 9.25. The van der Waals surface area contributed by atoms with E-state index in [-0.39, 0.29) is 11.6 Å². The van der Waals surface area contributed by atoms with E-state index in [1.807, 2.05) is 32.2 Å². The van der Waals surface area contributed by atoms with E-state index < -0.39 is 0 Å². The number of nitrogens with zero attached hydrogens (tertiary/aromatic N) is 3. The average Bonchev–Trinajstić information content (AvgIpc) is 3.16. The van der Waals surface area contributed by atoms with Gasteiger partial charge in [-0.15, -0.1) is 0 Å². The maximum Gasteiger partial charge on any atom is 0.251 e. The Morgan fingerprint density at radius 2 is 1.77 bits per heavy atom. The Bertz CT molecular complexity index is 969. The van der Waals surface area contributed by atoms with Gasteiger partial charge in [0.05, 0.1) is 5.52 Å². The monoisotopic (exact) mass is 348 g/mol. The van der Waals surface area contributed by atoms with E-state index in [0.29, 0.717) is 0 Å². The van der Waals surface area contributed by atoms with Gasteiger partial charge in [-0.1, -0.05) is 0 Å². The SMILES string of the molecule is CC(C)n1c(=O)ccc2cnc(Nc3ccc(N4CCCC4)cc3)cc21. The normalized spacial score (nSPS) is 14.3. The summed E-state index contributed by atoms with van der Waals surface area (Å²) >= 11 is 0. The Morgan fingerprint density at radius 1 is 1.04 bits per heavy atom. The third-order valence-corrected chi connectivity index (χ3v) is 4.94. The molecular weight excluding hydrogens is 324 g/mol. The summed E-state index contributed by atoms with van der Waals surface area (Å²) in [5.41, 5.74) is 3.18. The van der Waals surface area contributed by atoms with E-state index >= 15 is 0 Å². The molecule has 5 heteroatoms. The molecule has 134 valence electrons. The van der Waals surface area contributed by atoms with Crippen molar-refractivity contribution in [1.82, 2.24) is 9.55 Å². The highest BCUT2D eigenvalue weighted by atomic mass is 16.1. The molecule has 1 aromatic carbocycles. The van der Waals surface area contributed by atoms with Gasteiger partial charge in [0, 0.05) is 54.2 Å². The smallest absolute Gasteiger partial charge is 0.251 e. The first-order chi connectivity index (χ1) is 12.6. The molecule has 1 aliphatic heterocycles. The van der Waals surface area contributed by atoms with Crippen LogP contribution in [0.1, 0.15) is 32.7 Å². The number of aromatic nitrogens is 2. The summed E-state index contributed by atoms with van der Waals surface area (Å²) in [6.07, 6.45) is 4.37. The van der Waals surface area contributed by atoms with E-state index in [4.69, 9.17) is 0 Å². The van der Waals surface area contributed by atoms with Crippen LogP contribution in [-0.2, 0) is 0 Å². The van der Waals surface area contributed by atoms with Gasteiger partial charge in [-0.2, -0.15) is 0 Å². The Labute approximate surface area is 153 Å². The summed E-state index contributed by atoms with van der Waals surface area (Å²) in [6.45, 7) is 6.33. The van der Waals surface area contributed by atoms with Crippen LogP contribution in [-0.4, -0.2) is 22.6 Å². The fourth-order valence-electron chi connectivity index (χ4n) is 3.63. The minimum absolute atomic E-state index is 0.0135. The zero-order valence-corrected chi connectivity index (χ0v) is 15.3. The van der Waals surface area contributed by atoms with Crippen LogP contribution in [0.5, 0.6) is 0 Å². The van der Waals surface area contributed by atoms with Crippen molar-refractivity contribution in [3.8, 4) is 0 Å². The van der Waals surface area contributed by atoms with Crippen LogP contribution in [0.2, 0.25) is 0 Å². The summed E-state index contributed by atoms with van der Waals surface area (Å²) in [5, 5.41) is 4.32. The van der Waals surface area contributed by atoms with Crippen molar-refractivity contribution in [2.24, 2.45) is 0 Å². The standard InChI is InChI=1S/C21H24N4O/c1-15(2)25-19-13-20(22-14-16(19)5-10-21(25)26)23-17-6-8-18(9-7-17)24-11-3-4-12-24/h5-10,13-15H,3-4,11-12H2,1-2H3,(H,22,23). The van der Waals surface area contributed by atoms with Crippen LogP contribution < -0.4 is 15.8 Å². The molecule has 1 aliphatic rings. The van der Waals surface area contributed by atoms with Crippen molar-refractivity contribution in [3.05, 3.63) is 59.0 Å². The second-order valence-electron chi connectivity index (χ2n) is 7.13. The molecule has 1 fully saturated rings. The summed E-state index contributed by atoms with van der Waals surface area (Å²) < 4.78 is 1.80.